The first-order valence-electron chi connectivity index (χ1n) is 9.83. The van der Waals surface area contributed by atoms with Crippen LogP contribution in [0.4, 0.5) is 11.4 Å². The van der Waals surface area contributed by atoms with Gasteiger partial charge in [0.05, 0.1) is 6.54 Å². The van der Waals surface area contributed by atoms with Gasteiger partial charge in [-0.15, -0.1) is 0 Å². The highest BCUT2D eigenvalue weighted by Crippen LogP contribution is 2.27. The molecule has 2 aliphatic heterocycles. The first-order valence-corrected chi connectivity index (χ1v) is 10.6. The maximum atomic E-state index is 4.48. The van der Waals surface area contributed by atoms with Gasteiger partial charge in [0, 0.05) is 53.4 Å². The summed E-state index contributed by atoms with van der Waals surface area (Å²) < 4.78 is 1.09. The lowest BCUT2D eigenvalue weighted by Crippen LogP contribution is -2.55. The molecule has 0 amide bonds. The maximum absolute atomic E-state index is 4.48. The van der Waals surface area contributed by atoms with Crippen molar-refractivity contribution in [3.05, 3.63) is 64.3 Å². The van der Waals surface area contributed by atoms with E-state index in [1.165, 1.54) is 16.8 Å². The summed E-state index contributed by atoms with van der Waals surface area (Å²) >= 11 is 3.57. The molecule has 4 rings (SSSR count). The van der Waals surface area contributed by atoms with E-state index in [9.17, 15) is 0 Å². The normalized spacial score (nSPS) is 23.7. The summed E-state index contributed by atoms with van der Waals surface area (Å²) in [4.78, 5) is 9.43. The van der Waals surface area contributed by atoms with E-state index in [0.717, 1.165) is 28.8 Å². The third-order valence-electron chi connectivity index (χ3n) is 5.76. The van der Waals surface area contributed by atoms with Crippen molar-refractivity contribution in [2.45, 2.75) is 25.9 Å². The van der Waals surface area contributed by atoms with Crippen molar-refractivity contribution in [1.29, 1.82) is 0 Å². The minimum atomic E-state index is 0.525. The molecule has 2 aromatic carbocycles. The molecule has 2 aromatic rings. The van der Waals surface area contributed by atoms with Crippen LogP contribution < -0.4 is 10.2 Å². The van der Waals surface area contributed by atoms with Gasteiger partial charge in [0.2, 0.25) is 0 Å². The number of hydrogen-bond acceptors (Lipinski definition) is 4. The summed E-state index contributed by atoms with van der Waals surface area (Å²) in [6.07, 6.45) is 4.03. The summed E-state index contributed by atoms with van der Waals surface area (Å²) in [6, 6.07) is 16.2. The molecule has 28 heavy (non-hydrogen) atoms. The number of halogens is 1. The van der Waals surface area contributed by atoms with Crippen molar-refractivity contribution >= 4 is 39.1 Å². The molecule has 0 unspecified atom stereocenters. The SMILES string of the molecule is C[C@@H]1CN(c2ccc(N/C=C3\CN=Cc4ccc(Br)cc43)cc2)[C@@H](C)CN1C. The van der Waals surface area contributed by atoms with E-state index in [4.69, 9.17) is 0 Å². The number of piperazine rings is 1. The molecule has 2 heterocycles. The van der Waals surface area contributed by atoms with Gasteiger partial charge in [0.25, 0.3) is 0 Å². The van der Waals surface area contributed by atoms with Crippen molar-refractivity contribution in [3.63, 3.8) is 0 Å². The van der Waals surface area contributed by atoms with E-state index in [0.29, 0.717) is 18.6 Å². The zero-order chi connectivity index (χ0) is 19.7. The van der Waals surface area contributed by atoms with Crippen LogP contribution >= 0.6 is 15.9 Å². The van der Waals surface area contributed by atoms with Crippen LogP contribution in [-0.4, -0.2) is 49.9 Å². The molecule has 4 nitrogen and oxygen atoms in total. The van der Waals surface area contributed by atoms with E-state index in [2.05, 4.69) is 106 Å². The van der Waals surface area contributed by atoms with Gasteiger partial charge in [-0.25, -0.2) is 0 Å². The average molecular weight is 439 g/mol. The van der Waals surface area contributed by atoms with E-state index in [-0.39, 0.29) is 0 Å². The molecule has 1 saturated heterocycles. The van der Waals surface area contributed by atoms with Gasteiger partial charge >= 0.3 is 0 Å². The van der Waals surface area contributed by atoms with Gasteiger partial charge in [0.15, 0.2) is 0 Å². The van der Waals surface area contributed by atoms with Crippen molar-refractivity contribution < 1.29 is 0 Å². The number of anilines is 2. The number of fused-ring (bicyclic) bond motifs is 1. The van der Waals surface area contributed by atoms with Crippen molar-refractivity contribution in [2.75, 3.05) is 36.9 Å². The quantitative estimate of drug-likeness (QED) is 0.741. The molecule has 0 bridgehead atoms. The second-order valence-corrected chi connectivity index (χ2v) is 8.77. The Morgan fingerprint density at radius 1 is 1.07 bits per heavy atom. The number of aliphatic imine (C=N–C) groups is 1. The molecule has 1 fully saturated rings. The molecule has 2 aliphatic rings. The fraction of sp³-hybridized carbons (Fsp3) is 0.348. The third-order valence-corrected chi connectivity index (χ3v) is 6.26. The van der Waals surface area contributed by atoms with Gasteiger partial charge in [0.1, 0.15) is 0 Å². The molecule has 0 radical (unpaired) electrons. The first kappa shape index (κ1) is 19.2. The number of hydrogen-bond donors (Lipinski definition) is 1. The molecular weight excluding hydrogens is 412 g/mol. The lowest BCUT2D eigenvalue weighted by Gasteiger charge is -2.43. The molecular formula is C23H27BrN4. The van der Waals surface area contributed by atoms with Gasteiger partial charge in [-0.3, -0.25) is 9.89 Å². The molecule has 0 aliphatic carbocycles. The van der Waals surface area contributed by atoms with E-state index < -0.39 is 0 Å². The Morgan fingerprint density at radius 3 is 2.64 bits per heavy atom. The topological polar surface area (TPSA) is 30.9 Å². The molecule has 0 spiro atoms. The predicted octanol–water partition coefficient (Wildman–Crippen LogP) is 4.86. The number of likely N-dealkylation sites (N-methyl/N-ethyl adjacent to an activating group) is 1. The largest absolute Gasteiger partial charge is 0.366 e. The van der Waals surface area contributed by atoms with Crippen LogP contribution in [0.3, 0.4) is 0 Å². The summed E-state index contributed by atoms with van der Waals surface area (Å²) in [5.41, 5.74) is 5.98. The third kappa shape index (κ3) is 4.01. The Labute approximate surface area is 176 Å². The number of benzene rings is 2. The number of nitrogens with zero attached hydrogens (tertiary/aromatic N) is 3. The Hall–Kier alpha value is -2.11. The smallest absolute Gasteiger partial charge is 0.0660 e. The van der Waals surface area contributed by atoms with E-state index >= 15 is 0 Å². The van der Waals surface area contributed by atoms with Gasteiger partial charge in [-0.2, -0.15) is 0 Å². The Morgan fingerprint density at radius 2 is 1.86 bits per heavy atom. The van der Waals surface area contributed by atoms with Crippen molar-refractivity contribution in [1.82, 2.24) is 4.90 Å². The highest BCUT2D eigenvalue weighted by molar-refractivity contribution is 9.10. The monoisotopic (exact) mass is 438 g/mol. The summed E-state index contributed by atoms with van der Waals surface area (Å²) in [5, 5.41) is 3.45. The number of nitrogens with one attached hydrogen (secondary N) is 1. The molecule has 2 atom stereocenters. The van der Waals surface area contributed by atoms with E-state index in [1.54, 1.807) is 0 Å². The lowest BCUT2D eigenvalue weighted by atomic mass is 9.99. The Kier molecular flexibility index (Phi) is 5.56. The predicted molar refractivity (Wildman–Crippen MR) is 124 cm³/mol. The van der Waals surface area contributed by atoms with Gasteiger partial charge < -0.3 is 10.2 Å². The molecule has 146 valence electrons. The minimum absolute atomic E-state index is 0.525. The fourth-order valence-electron chi connectivity index (χ4n) is 3.95. The lowest BCUT2D eigenvalue weighted by molar-refractivity contribution is 0.206. The molecule has 1 N–H and O–H groups in total. The minimum Gasteiger partial charge on any atom is -0.366 e. The van der Waals surface area contributed by atoms with Crippen molar-refractivity contribution in [2.24, 2.45) is 4.99 Å². The standard InChI is InChI=1S/C23H27BrN4/c1-16-15-28(17(2)14-27(16)3)22-8-6-21(7-9-22)26-13-19-12-25-11-18-4-5-20(24)10-23(18)19/h4-11,13,16-17,26H,12,14-15H2,1-3H3/b19-13+/t16-,17+/m1/s1. The fourth-order valence-corrected chi connectivity index (χ4v) is 4.31. The maximum Gasteiger partial charge on any atom is 0.0660 e. The van der Waals surface area contributed by atoms with Crippen molar-refractivity contribution in [3.8, 4) is 0 Å². The second-order valence-electron chi connectivity index (χ2n) is 7.85. The van der Waals surface area contributed by atoms with Crippen LogP contribution in [0.5, 0.6) is 0 Å². The highest BCUT2D eigenvalue weighted by Gasteiger charge is 2.26. The van der Waals surface area contributed by atoms with Gasteiger partial charge in [-0.1, -0.05) is 22.0 Å². The first-order chi connectivity index (χ1) is 13.5. The van der Waals surface area contributed by atoms with Crippen LogP contribution in [0, 0.1) is 0 Å². The van der Waals surface area contributed by atoms with Crippen LogP contribution in [0.1, 0.15) is 25.0 Å². The van der Waals surface area contributed by atoms with Crippen LogP contribution in [0.15, 0.2) is 58.1 Å². The Balaban J connectivity index is 1.48. The zero-order valence-corrected chi connectivity index (χ0v) is 18.3. The summed E-state index contributed by atoms with van der Waals surface area (Å²) in [5.74, 6) is 0. The summed E-state index contributed by atoms with van der Waals surface area (Å²) in [6.45, 7) is 7.47. The van der Waals surface area contributed by atoms with E-state index in [1.807, 2.05) is 6.21 Å². The van der Waals surface area contributed by atoms with Gasteiger partial charge in [-0.05, 0) is 74.0 Å². The molecule has 0 aromatic heterocycles. The zero-order valence-electron chi connectivity index (χ0n) is 16.7. The highest BCUT2D eigenvalue weighted by atomic mass is 79.9. The molecule has 0 saturated carbocycles. The second kappa shape index (κ2) is 8.10. The average Bonchev–Trinajstić information content (AvgIpc) is 2.69. The summed E-state index contributed by atoms with van der Waals surface area (Å²) in [7, 11) is 2.21. The van der Waals surface area contributed by atoms with Crippen LogP contribution in [-0.2, 0) is 0 Å². The van der Waals surface area contributed by atoms with Crippen LogP contribution in [0.25, 0.3) is 5.57 Å². The van der Waals surface area contributed by atoms with Crippen LogP contribution in [0.2, 0.25) is 0 Å². The number of rotatable bonds is 3. The molecule has 5 heteroatoms. The Bertz CT molecular complexity index is 903.